The third-order valence-corrected chi connectivity index (χ3v) is 9.89. The van der Waals surface area contributed by atoms with Crippen molar-refractivity contribution in [3.8, 4) is 22.6 Å². The Balaban J connectivity index is 1.57. The maximum atomic E-state index is 4.89. The van der Waals surface area contributed by atoms with Gasteiger partial charge in [-0.3, -0.25) is 19.9 Å². The molecule has 0 saturated carbocycles. The molecule has 0 radical (unpaired) electrons. The SMILES string of the molecule is c1ccc(-c2ccc([Si](c3ccncn3)(c3cnc(-c4cccnc4)cn3)c3ncccn3)nn2)nc1. The molecule has 6 heterocycles. The Labute approximate surface area is 212 Å². The van der Waals surface area contributed by atoms with E-state index in [1.165, 1.54) is 6.33 Å². The van der Waals surface area contributed by atoms with Crippen LogP contribution in [0.1, 0.15) is 0 Å². The van der Waals surface area contributed by atoms with Crippen LogP contribution < -0.4 is 21.4 Å². The Hall–Kier alpha value is -5.16. The van der Waals surface area contributed by atoms with E-state index in [0.29, 0.717) is 27.5 Å². The summed E-state index contributed by atoms with van der Waals surface area (Å²) in [6.45, 7) is 0. The van der Waals surface area contributed by atoms with Crippen LogP contribution in [0.3, 0.4) is 0 Å². The van der Waals surface area contributed by atoms with Crippen molar-refractivity contribution in [1.29, 1.82) is 0 Å². The lowest BCUT2D eigenvalue weighted by atomic mass is 10.2. The summed E-state index contributed by atoms with van der Waals surface area (Å²) in [7, 11) is -3.30. The first-order valence-corrected chi connectivity index (χ1v) is 13.4. The Bertz CT molecular complexity index is 1460. The van der Waals surface area contributed by atoms with Crippen molar-refractivity contribution in [3.63, 3.8) is 0 Å². The van der Waals surface area contributed by atoms with Gasteiger partial charge in [0.15, 0.2) is 0 Å². The molecule has 0 amide bonds. The molecule has 6 aromatic rings. The summed E-state index contributed by atoms with van der Waals surface area (Å²) in [4.78, 5) is 36.3. The van der Waals surface area contributed by atoms with Crippen molar-refractivity contribution < 1.29 is 0 Å². The van der Waals surface area contributed by atoms with Crippen LogP contribution in [-0.4, -0.2) is 58.1 Å². The molecule has 176 valence electrons. The first-order chi connectivity index (χ1) is 18.4. The van der Waals surface area contributed by atoms with Gasteiger partial charge in [-0.1, -0.05) is 6.07 Å². The van der Waals surface area contributed by atoms with E-state index in [2.05, 4.69) is 35.0 Å². The van der Waals surface area contributed by atoms with E-state index in [4.69, 9.17) is 15.1 Å². The van der Waals surface area contributed by atoms with Crippen LogP contribution >= 0.6 is 0 Å². The highest BCUT2D eigenvalue weighted by Crippen LogP contribution is 2.14. The third-order valence-electron chi connectivity index (χ3n) is 5.84. The van der Waals surface area contributed by atoms with Crippen LogP contribution in [0.5, 0.6) is 0 Å². The molecule has 0 fully saturated rings. The number of hydrogen-bond donors (Lipinski definition) is 0. The zero-order valence-electron chi connectivity index (χ0n) is 19.4. The molecule has 1 atom stereocenters. The normalized spacial score (nSPS) is 12.5. The van der Waals surface area contributed by atoms with Crippen LogP contribution in [0.2, 0.25) is 0 Å². The van der Waals surface area contributed by atoms with Gasteiger partial charge in [-0.2, -0.15) is 5.10 Å². The number of rotatable bonds is 6. The lowest BCUT2D eigenvalue weighted by Gasteiger charge is -2.27. The Morgan fingerprint density at radius 1 is 0.459 bits per heavy atom. The van der Waals surface area contributed by atoms with Crippen LogP contribution in [0.25, 0.3) is 22.6 Å². The van der Waals surface area contributed by atoms with E-state index in [1.54, 1.807) is 55.6 Å². The summed E-state index contributed by atoms with van der Waals surface area (Å²) < 4.78 is 0. The van der Waals surface area contributed by atoms with Gasteiger partial charge in [0.2, 0.25) is 0 Å². The van der Waals surface area contributed by atoms with E-state index >= 15 is 0 Å². The van der Waals surface area contributed by atoms with Gasteiger partial charge >= 0.3 is 0 Å². The standard InChI is InChI=1S/C26H18N10Si/c1-2-11-29-20(6-1)21-7-8-24(36-35-21)37(23-9-14-28-18-34-23,26-30-12-4-13-31-26)25-17-32-22(16-33-25)19-5-3-10-27-15-19/h1-18H. The highest BCUT2D eigenvalue weighted by molar-refractivity contribution is 7.18. The molecule has 0 aliphatic heterocycles. The Morgan fingerprint density at radius 2 is 1.38 bits per heavy atom. The molecule has 37 heavy (non-hydrogen) atoms. The highest BCUT2D eigenvalue weighted by atomic mass is 28.3. The minimum absolute atomic E-state index is 0.567. The third kappa shape index (κ3) is 4.13. The van der Waals surface area contributed by atoms with E-state index in [9.17, 15) is 0 Å². The lowest BCUT2D eigenvalue weighted by Crippen LogP contribution is -2.78. The van der Waals surface area contributed by atoms with E-state index < -0.39 is 8.07 Å². The number of aromatic nitrogens is 10. The molecule has 0 saturated heterocycles. The molecular formula is C26H18N10Si. The molecule has 0 aromatic carbocycles. The second-order valence-electron chi connectivity index (χ2n) is 7.96. The first-order valence-electron chi connectivity index (χ1n) is 11.4. The molecular weight excluding hydrogens is 480 g/mol. The van der Waals surface area contributed by atoms with E-state index in [0.717, 1.165) is 16.6 Å². The van der Waals surface area contributed by atoms with Crippen molar-refractivity contribution in [2.24, 2.45) is 0 Å². The topological polar surface area (TPSA) is 129 Å². The van der Waals surface area contributed by atoms with Gasteiger partial charge in [0.05, 0.1) is 33.5 Å². The largest absolute Gasteiger partial charge is 0.290 e. The van der Waals surface area contributed by atoms with Crippen molar-refractivity contribution in [2.75, 3.05) is 0 Å². The maximum absolute atomic E-state index is 4.89. The predicted molar refractivity (Wildman–Crippen MR) is 139 cm³/mol. The number of pyridine rings is 2. The fourth-order valence-corrected chi connectivity index (χ4v) is 7.75. The van der Waals surface area contributed by atoms with Crippen LogP contribution in [0.4, 0.5) is 0 Å². The zero-order chi connectivity index (χ0) is 24.9. The first kappa shape index (κ1) is 22.3. The Morgan fingerprint density at radius 3 is 2.05 bits per heavy atom. The summed E-state index contributed by atoms with van der Waals surface area (Å²) in [5.74, 6) is 0. The molecule has 0 bridgehead atoms. The molecule has 0 N–H and O–H groups in total. The minimum atomic E-state index is -3.30. The van der Waals surface area contributed by atoms with E-state index in [1.807, 2.05) is 48.5 Å². The molecule has 11 heteroatoms. The average molecular weight is 499 g/mol. The van der Waals surface area contributed by atoms with Gasteiger partial charge in [0.1, 0.15) is 17.5 Å². The van der Waals surface area contributed by atoms with Gasteiger partial charge < -0.3 is 0 Å². The van der Waals surface area contributed by atoms with Crippen molar-refractivity contribution in [2.45, 2.75) is 0 Å². The van der Waals surface area contributed by atoms with Gasteiger partial charge in [-0.05, 0) is 48.5 Å². The van der Waals surface area contributed by atoms with Crippen molar-refractivity contribution in [1.82, 2.24) is 50.1 Å². The quantitative estimate of drug-likeness (QED) is 0.297. The summed E-state index contributed by atoms with van der Waals surface area (Å²) >= 11 is 0. The highest BCUT2D eigenvalue weighted by Gasteiger charge is 2.50. The second kappa shape index (κ2) is 9.83. The van der Waals surface area contributed by atoms with Crippen molar-refractivity contribution in [3.05, 3.63) is 110 Å². The van der Waals surface area contributed by atoms with Gasteiger partial charge in [-0.15, -0.1) is 5.10 Å². The molecule has 6 rings (SSSR count). The van der Waals surface area contributed by atoms with Gasteiger partial charge in [0.25, 0.3) is 8.07 Å². The lowest BCUT2D eigenvalue weighted by molar-refractivity contribution is 1.05. The molecule has 10 nitrogen and oxygen atoms in total. The predicted octanol–water partition coefficient (Wildman–Crippen LogP) is 0.348. The van der Waals surface area contributed by atoms with Crippen LogP contribution in [0.15, 0.2) is 110 Å². The monoisotopic (exact) mass is 498 g/mol. The van der Waals surface area contributed by atoms with Crippen molar-refractivity contribution >= 4 is 29.5 Å². The fraction of sp³-hybridized carbons (Fsp3) is 0. The number of hydrogen-bond acceptors (Lipinski definition) is 10. The number of nitrogens with zero attached hydrogens (tertiary/aromatic N) is 10. The summed E-state index contributed by atoms with van der Waals surface area (Å²) in [5.41, 5.74) is 3.52. The fourth-order valence-electron chi connectivity index (χ4n) is 4.11. The van der Waals surface area contributed by atoms with Gasteiger partial charge in [0, 0.05) is 48.9 Å². The van der Waals surface area contributed by atoms with Gasteiger partial charge in [-0.25, -0.2) is 19.9 Å². The Kier molecular flexibility index (Phi) is 5.93. The second-order valence-corrected chi connectivity index (χ2v) is 11.4. The average Bonchev–Trinajstić information content (AvgIpc) is 3.00. The minimum Gasteiger partial charge on any atom is -0.264 e. The molecule has 0 aliphatic carbocycles. The molecule has 0 spiro atoms. The smallest absolute Gasteiger partial charge is 0.264 e. The molecule has 1 unspecified atom stereocenters. The zero-order valence-corrected chi connectivity index (χ0v) is 20.4. The summed E-state index contributed by atoms with van der Waals surface area (Å²) in [6, 6.07) is 16.9. The maximum Gasteiger partial charge on any atom is 0.290 e. The molecule has 6 aromatic heterocycles. The summed E-state index contributed by atoms with van der Waals surface area (Å²) in [6.07, 6.45) is 15.3. The van der Waals surface area contributed by atoms with Crippen LogP contribution in [0, 0.1) is 0 Å². The van der Waals surface area contributed by atoms with Crippen LogP contribution in [-0.2, 0) is 0 Å². The van der Waals surface area contributed by atoms with E-state index in [-0.39, 0.29) is 0 Å². The molecule has 0 aliphatic rings. The summed E-state index contributed by atoms with van der Waals surface area (Å²) in [5, 5.41) is 11.3.